The number of esters is 6. The Kier molecular flexibility index (Phi) is 56.9. The van der Waals surface area contributed by atoms with Crippen molar-refractivity contribution in [1.82, 2.24) is 15.1 Å². The van der Waals surface area contributed by atoms with E-state index in [1.165, 1.54) is 133 Å². The molecule has 0 spiro atoms. The topological polar surface area (TPSA) is 193 Å². The van der Waals surface area contributed by atoms with Crippen LogP contribution in [0.4, 0.5) is 4.79 Å². The molecular weight excluding hydrogens is 1050 g/mol. The number of nitrogens with one attached hydrogen (secondary N) is 1. The van der Waals surface area contributed by atoms with Crippen LogP contribution in [0.25, 0.3) is 0 Å². The number of carbonyl (C=O) groups is 7. The van der Waals surface area contributed by atoms with Crippen molar-refractivity contribution >= 4 is 41.8 Å². The van der Waals surface area contributed by atoms with Crippen molar-refractivity contribution < 1.29 is 62.0 Å². The van der Waals surface area contributed by atoms with Crippen LogP contribution in [0.15, 0.2) is 0 Å². The minimum absolute atomic E-state index is 0.0182. The summed E-state index contributed by atoms with van der Waals surface area (Å²) in [7, 11) is 3.78. The van der Waals surface area contributed by atoms with Crippen molar-refractivity contribution in [2.75, 3.05) is 79.9 Å². The zero-order chi connectivity index (χ0) is 61.1. The molecule has 0 unspecified atom stereocenters. The molecule has 0 aliphatic heterocycles. The van der Waals surface area contributed by atoms with Gasteiger partial charge in [0.25, 0.3) is 0 Å². The lowest BCUT2D eigenvalue weighted by Gasteiger charge is -2.24. The third-order valence-corrected chi connectivity index (χ3v) is 15.1. The molecule has 16 heteroatoms. The van der Waals surface area contributed by atoms with Crippen molar-refractivity contribution in [2.24, 2.45) is 11.8 Å². The Morgan fingerprint density at radius 2 is 0.554 bits per heavy atom. The molecule has 0 radical (unpaired) electrons. The number of hydrogen-bond acceptors (Lipinski definition) is 14. The molecule has 486 valence electrons. The Labute approximate surface area is 506 Å². The third-order valence-electron chi connectivity index (χ3n) is 15.1. The van der Waals surface area contributed by atoms with Gasteiger partial charge in [-0.25, -0.2) is 4.79 Å². The summed E-state index contributed by atoms with van der Waals surface area (Å²) >= 11 is 0. The number of hydrogen-bond donors (Lipinski definition) is 1. The van der Waals surface area contributed by atoms with Gasteiger partial charge in [-0.1, -0.05) is 233 Å². The molecule has 16 nitrogen and oxygen atoms in total. The second-order valence-corrected chi connectivity index (χ2v) is 23.6. The molecule has 0 aliphatic rings. The summed E-state index contributed by atoms with van der Waals surface area (Å²) in [5.41, 5.74) is 0. The Balaban J connectivity index is 5.56. The number of amides is 2. The normalized spacial score (nSPS) is 11.3. The Hall–Kier alpha value is -3.95. The maximum absolute atomic E-state index is 13.5. The van der Waals surface area contributed by atoms with Gasteiger partial charge in [-0.05, 0) is 39.8 Å². The van der Waals surface area contributed by atoms with Gasteiger partial charge in [0.15, 0.2) is 0 Å². The van der Waals surface area contributed by atoms with Gasteiger partial charge in [0.1, 0.15) is 13.2 Å². The smallest absolute Gasteiger partial charge is 0.317 e. The number of ether oxygens (including phenoxy) is 6. The van der Waals surface area contributed by atoms with Gasteiger partial charge in [-0.2, -0.15) is 0 Å². The minimum atomic E-state index is -0.623. The molecule has 0 bridgehead atoms. The average Bonchev–Trinajstić information content (AvgIpc) is 3.46. The van der Waals surface area contributed by atoms with Gasteiger partial charge in [-0.3, -0.25) is 28.8 Å². The van der Waals surface area contributed by atoms with E-state index >= 15 is 0 Å². The lowest BCUT2D eigenvalue weighted by molar-refractivity contribution is -0.155. The summed E-state index contributed by atoms with van der Waals surface area (Å²) in [6.45, 7) is 8.96. The standard InChI is InChI=1S/C67H125N3O13/c1-7-11-15-19-23-27-31-35-39-43-61(71)80-55-59(56-81-62(72)44-40-36-32-28-24-20-16-12-8-2)53-65(75)78-51-49-70(67(77)68-47-48-69(5)6)50-52-79-66(76)54-60(57-82-63(73)45-41-37-33-29-25-21-17-13-9-3)58-83-64(74)46-42-38-34-30-26-22-18-14-10-4/h59-60H,7-58H2,1-6H3,(H,68,77). The predicted molar refractivity (Wildman–Crippen MR) is 333 cm³/mol. The molecule has 0 heterocycles. The maximum atomic E-state index is 13.5. The molecule has 0 aliphatic carbocycles. The quantitative estimate of drug-likeness (QED) is 0.0343. The molecule has 0 rings (SSSR count). The van der Waals surface area contributed by atoms with Crippen molar-refractivity contribution in [3.05, 3.63) is 0 Å². The molecule has 83 heavy (non-hydrogen) atoms. The lowest BCUT2D eigenvalue weighted by Crippen LogP contribution is -2.45. The summed E-state index contributed by atoms with van der Waals surface area (Å²) in [5, 5.41) is 2.87. The number of unbranched alkanes of at least 4 members (excludes halogenated alkanes) is 32. The highest BCUT2D eigenvalue weighted by Crippen LogP contribution is 2.17. The number of urea groups is 1. The van der Waals surface area contributed by atoms with Gasteiger partial charge in [0, 0.05) is 50.6 Å². The fourth-order valence-electron chi connectivity index (χ4n) is 9.73. The second kappa shape index (κ2) is 59.8. The van der Waals surface area contributed by atoms with E-state index in [-0.39, 0.29) is 115 Å². The van der Waals surface area contributed by atoms with Crippen LogP contribution in [-0.4, -0.2) is 132 Å². The summed E-state index contributed by atoms with van der Waals surface area (Å²) in [6, 6.07) is -0.440. The minimum Gasteiger partial charge on any atom is -0.465 e. The van der Waals surface area contributed by atoms with Crippen LogP contribution in [0.1, 0.15) is 297 Å². The molecule has 0 fully saturated rings. The van der Waals surface area contributed by atoms with Gasteiger partial charge in [0.2, 0.25) is 0 Å². The predicted octanol–water partition coefficient (Wildman–Crippen LogP) is 15.5. The van der Waals surface area contributed by atoms with Crippen LogP contribution in [-0.2, 0) is 57.2 Å². The van der Waals surface area contributed by atoms with Gasteiger partial charge >= 0.3 is 41.8 Å². The van der Waals surface area contributed by atoms with Crippen LogP contribution in [0.5, 0.6) is 0 Å². The molecule has 0 aromatic rings. The van der Waals surface area contributed by atoms with E-state index in [0.29, 0.717) is 13.1 Å². The highest BCUT2D eigenvalue weighted by atomic mass is 16.6. The summed E-state index contributed by atoms with van der Waals surface area (Å²) in [6.07, 6.45) is 41.2. The summed E-state index contributed by atoms with van der Waals surface area (Å²) in [5.74, 6) is -3.88. The summed E-state index contributed by atoms with van der Waals surface area (Å²) in [4.78, 5) is 94.6. The maximum Gasteiger partial charge on any atom is 0.317 e. The molecule has 1 N–H and O–H groups in total. The first kappa shape index (κ1) is 79.0. The highest BCUT2D eigenvalue weighted by molar-refractivity contribution is 5.75. The fourth-order valence-corrected chi connectivity index (χ4v) is 9.73. The summed E-state index contributed by atoms with van der Waals surface area (Å²) < 4.78 is 33.7. The second-order valence-electron chi connectivity index (χ2n) is 23.6. The van der Waals surface area contributed by atoms with Gasteiger partial charge in [0.05, 0.1) is 52.4 Å². The molecule has 0 saturated carbocycles. The van der Waals surface area contributed by atoms with Crippen LogP contribution in [0.3, 0.4) is 0 Å². The first-order chi connectivity index (χ1) is 40.3. The van der Waals surface area contributed by atoms with E-state index in [4.69, 9.17) is 28.4 Å². The van der Waals surface area contributed by atoms with E-state index in [0.717, 1.165) is 103 Å². The van der Waals surface area contributed by atoms with Gasteiger partial charge in [-0.15, -0.1) is 0 Å². The van der Waals surface area contributed by atoms with Crippen LogP contribution >= 0.6 is 0 Å². The highest BCUT2D eigenvalue weighted by Gasteiger charge is 2.23. The zero-order valence-electron chi connectivity index (χ0n) is 54.1. The SMILES string of the molecule is CCCCCCCCCCCC(=O)OCC(COC(=O)CCCCCCCCCCC)CC(=O)OCCN(CCOC(=O)CC(COC(=O)CCCCCCCCCCC)COC(=O)CCCCCCCCCCC)C(=O)NCCN(C)C. The van der Waals surface area contributed by atoms with E-state index < -0.39 is 29.8 Å². The monoisotopic (exact) mass is 1180 g/mol. The number of carbonyl (C=O) groups excluding carboxylic acids is 7. The number of rotatable bonds is 61. The first-order valence-corrected chi connectivity index (χ1v) is 34.0. The molecular formula is C67H125N3O13. The molecule has 0 aromatic heterocycles. The van der Waals surface area contributed by atoms with Crippen molar-refractivity contribution in [2.45, 2.75) is 297 Å². The number of nitrogens with zero attached hydrogens (tertiary/aromatic N) is 2. The lowest BCUT2D eigenvalue weighted by atomic mass is 10.1. The van der Waals surface area contributed by atoms with Crippen molar-refractivity contribution in [1.29, 1.82) is 0 Å². The van der Waals surface area contributed by atoms with Crippen molar-refractivity contribution in [3.8, 4) is 0 Å². The molecule has 0 saturated heterocycles. The average molecular weight is 1180 g/mol. The molecule has 0 aromatic carbocycles. The van der Waals surface area contributed by atoms with Gasteiger partial charge < -0.3 is 43.5 Å². The first-order valence-electron chi connectivity index (χ1n) is 34.0. The molecule has 0 atom stereocenters. The van der Waals surface area contributed by atoms with E-state index in [2.05, 4.69) is 33.0 Å². The van der Waals surface area contributed by atoms with E-state index in [9.17, 15) is 33.6 Å². The molecule has 2 amide bonds. The zero-order valence-corrected chi connectivity index (χ0v) is 54.1. The van der Waals surface area contributed by atoms with Crippen LogP contribution < -0.4 is 5.32 Å². The van der Waals surface area contributed by atoms with Crippen LogP contribution in [0, 0.1) is 11.8 Å². The Morgan fingerprint density at radius 1 is 0.313 bits per heavy atom. The van der Waals surface area contributed by atoms with Crippen molar-refractivity contribution in [3.63, 3.8) is 0 Å². The number of likely N-dealkylation sites (N-methyl/N-ethyl adjacent to an activating group) is 1. The fraction of sp³-hybridized carbons (Fsp3) is 0.896. The van der Waals surface area contributed by atoms with E-state index in [1.54, 1.807) is 0 Å². The van der Waals surface area contributed by atoms with Crippen LogP contribution in [0.2, 0.25) is 0 Å². The Bertz CT molecular complexity index is 1410. The largest absolute Gasteiger partial charge is 0.465 e. The third kappa shape index (κ3) is 55.7. The Morgan fingerprint density at radius 3 is 0.795 bits per heavy atom. The van der Waals surface area contributed by atoms with E-state index in [1.807, 2.05) is 19.0 Å².